The number of benzene rings is 2. The van der Waals surface area contributed by atoms with Gasteiger partial charge in [-0.1, -0.05) is 12.1 Å². The van der Waals surface area contributed by atoms with Gasteiger partial charge < -0.3 is 16.4 Å². The van der Waals surface area contributed by atoms with Gasteiger partial charge in [-0.2, -0.15) is 0 Å². The molecule has 0 saturated carbocycles. The Kier molecular flexibility index (Phi) is 3.06. The summed E-state index contributed by atoms with van der Waals surface area (Å²) < 4.78 is 0. The summed E-state index contributed by atoms with van der Waals surface area (Å²) in [7, 11) is 0. The van der Waals surface area contributed by atoms with Crippen molar-refractivity contribution in [1.82, 2.24) is 0 Å². The first-order valence-electron chi connectivity index (χ1n) is 6.65. The van der Waals surface area contributed by atoms with Gasteiger partial charge in [-0.3, -0.25) is 4.79 Å². The van der Waals surface area contributed by atoms with E-state index in [1.165, 1.54) is 16.8 Å². The Bertz CT molecular complexity index is 649. The number of primary amides is 1. The van der Waals surface area contributed by atoms with Crippen molar-refractivity contribution in [1.29, 1.82) is 0 Å². The molecule has 0 aliphatic carbocycles. The van der Waals surface area contributed by atoms with Crippen LogP contribution in [0.25, 0.3) is 0 Å². The lowest BCUT2D eigenvalue weighted by molar-refractivity contribution is 0.100. The van der Waals surface area contributed by atoms with E-state index in [4.69, 9.17) is 11.5 Å². The molecule has 4 heteroatoms. The fourth-order valence-corrected chi connectivity index (χ4v) is 2.65. The minimum Gasteiger partial charge on any atom is -0.399 e. The van der Waals surface area contributed by atoms with E-state index in [0.29, 0.717) is 5.56 Å². The molecule has 0 bridgehead atoms. The van der Waals surface area contributed by atoms with E-state index in [-0.39, 0.29) is 0 Å². The Morgan fingerprint density at radius 2 is 1.90 bits per heavy atom. The molecule has 3 rings (SSSR count). The monoisotopic (exact) mass is 267 g/mol. The average Bonchev–Trinajstić information content (AvgIpc) is 2.81. The maximum absolute atomic E-state index is 11.1. The highest BCUT2D eigenvalue weighted by Crippen LogP contribution is 2.30. The highest BCUT2D eigenvalue weighted by Gasteiger charge is 2.19. The Hall–Kier alpha value is -2.49. The molecule has 1 aliphatic heterocycles. The molecule has 0 fully saturated rings. The highest BCUT2D eigenvalue weighted by atomic mass is 16.1. The zero-order valence-corrected chi connectivity index (χ0v) is 11.2. The molecule has 1 aliphatic rings. The maximum atomic E-state index is 11.1. The van der Waals surface area contributed by atoms with Gasteiger partial charge in [-0.15, -0.1) is 0 Å². The number of nitrogens with zero attached hydrogens (tertiary/aromatic N) is 1. The van der Waals surface area contributed by atoms with Gasteiger partial charge in [0, 0.05) is 30.0 Å². The SMILES string of the molecule is NC(=O)c1ccc(CN2CCc3cc(N)ccc32)cc1. The van der Waals surface area contributed by atoms with E-state index < -0.39 is 5.91 Å². The molecule has 20 heavy (non-hydrogen) atoms. The molecule has 1 heterocycles. The Labute approximate surface area is 118 Å². The van der Waals surface area contributed by atoms with Crippen LogP contribution >= 0.6 is 0 Å². The summed E-state index contributed by atoms with van der Waals surface area (Å²) in [6.07, 6.45) is 1.03. The van der Waals surface area contributed by atoms with Gasteiger partial charge in [0.15, 0.2) is 0 Å². The minimum atomic E-state index is -0.390. The van der Waals surface area contributed by atoms with E-state index in [9.17, 15) is 4.79 Å². The summed E-state index contributed by atoms with van der Waals surface area (Å²) in [5.74, 6) is -0.390. The number of amides is 1. The van der Waals surface area contributed by atoms with Crippen LogP contribution in [0.1, 0.15) is 21.5 Å². The highest BCUT2D eigenvalue weighted by molar-refractivity contribution is 5.92. The molecule has 2 aromatic carbocycles. The first kappa shape index (κ1) is 12.5. The molecule has 0 aromatic heterocycles. The molecule has 0 radical (unpaired) electrons. The lowest BCUT2D eigenvalue weighted by Gasteiger charge is -2.19. The lowest BCUT2D eigenvalue weighted by Crippen LogP contribution is -2.19. The van der Waals surface area contributed by atoms with Gasteiger partial charge in [0.2, 0.25) is 5.91 Å². The van der Waals surface area contributed by atoms with Crippen LogP contribution in [0.4, 0.5) is 11.4 Å². The summed E-state index contributed by atoms with van der Waals surface area (Å²) in [6, 6.07) is 13.5. The van der Waals surface area contributed by atoms with Crippen molar-refractivity contribution in [2.75, 3.05) is 17.2 Å². The van der Waals surface area contributed by atoms with Crippen molar-refractivity contribution in [2.45, 2.75) is 13.0 Å². The maximum Gasteiger partial charge on any atom is 0.248 e. The van der Waals surface area contributed by atoms with Crippen LogP contribution in [-0.2, 0) is 13.0 Å². The number of rotatable bonds is 3. The first-order valence-corrected chi connectivity index (χ1v) is 6.65. The molecule has 1 amide bonds. The van der Waals surface area contributed by atoms with Crippen molar-refractivity contribution < 1.29 is 4.79 Å². The second-order valence-electron chi connectivity index (χ2n) is 5.12. The van der Waals surface area contributed by atoms with E-state index in [2.05, 4.69) is 11.0 Å². The third-order valence-corrected chi connectivity index (χ3v) is 3.71. The second-order valence-corrected chi connectivity index (χ2v) is 5.12. The molecule has 0 atom stereocenters. The van der Waals surface area contributed by atoms with Crippen LogP contribution in [-0.4, -0.2) is 12.5 Å². The Morgan fingerprint density at radius 1 is 1.15 bits per heavy atom. The standard InChI is InChI=1S/C16H17N3O/c17-14-5-6-15-13(9-14)7-8-19(15)10-11-1-3-12(4-2-11)16(18)20/h1-6,9H,7-8,10,17H2,(H2,18,20). The van der Waals surface area contributed by atoms with Crippen molar-refractivity contribution in [3.63, 3.8) is 0 Å². The predicted octanol–water partition coefficient (Wildman–Crippen LogP) is 1.93. The zero-order valence-electron chi connectivity index (χ0n) is 11.2. The number of carbonyl (C=O) groups excluding carboxylic acids is 1. The van der Waals surface area contributed by atoms with Gasteiger partial charge in [-0.25, -0.2) is 0 Å². The summed E-state index contributed by atoms with van der Waals surface area (Å²) in [5, 5.41) is 0. The van der Waals surface area contributed by atoms with E-state index in [1.54, 1.807) is 12.1 Å². The molecule has 102 valence electrons. The topological polar surface area (TPSA) is 72.4 Å². The fraction of sp³-hybridized carbons (Fsp3) is 0.188. The van der Waals surface area contributed by atoms with Gasteiger partial charge in [0.05, 0.1) is 0 Å². The molecule has 2 aromatic rings. The van der Waals surface area contributed by atoms with Gasteiger partial charge in [0.25, 0.3) is 0 Å². The molecular weight excluding hydrogens is 250 g/mol. The number of nitrogens with two attached hydrogens (primary N) is 2. The molecule has 0 spiro atoms. The number of carbonyl (C=O) groups is 1. The zero-order chi connectivity index (χ0) is 14.1. The first-order chi connectivity index (χ1) is 9.63. The number of fused-ring (bicyclic) bond motifs is 1. The van der Waals surface area contributed by atoms with Crippen molar-refractivity contribution in [3.8, 4) is 0 Å². The number of hydrogen-bond acceptors (Lipinski definition) is 3. The van der Waals surface area contributed by atoms with Crippen LogP contribution < -0.4 is 16.4 Å². The molecule has 0 saturated heterocycles. The van der Waals surface area contributed by atoms with Gasteiger partial charge in [-0.05, 0) is 47.9 Å². The minimum absolute atomic E-state index is 0.390. The third-order valence-electron chi connectivity index (χ3n) is 3.71. The lowest BCUT2D eigenvalue weighted by atomic mass is 10.1. The smallest absolute Gasteiger partial charge is 0.248 e. The summed E-state index contributed by atoms with van der Waals surface area (Å²) in [6.45, 7) is 1.83. The quantitative estimate of drug-likeness (QED) is 0.835. The number of nitrogen functional groups attached to an aromatic ring is 1. The molecular formula is C16H17N3O. The van der Waals surface area contributed by atoms with Crippen LogP contribution in [0.15, 0.2) is 42.5 Å². The van der Waals surface area contributed by atoms with E-state index >= 15 is 0 Å². The summed E-state index contributed by atoms with van der Waals surface area (Å²) >= 11 is 0. The average molecular weight is 267 g/mol. The van der Waals surface area contributed by atoms with Gasteiger partial charge in [0.1, 0.15) is 0 Å². The van der Waals surface area contributed by atoms with Crippen molar-refractivity contribution in [2.24, 2.45) is 5.73 Å². The molecule has 4 nitrogen and oxygen atoms in total. The number of hydrogen-bond donors (Lipinski definition) is 2. The molecule has 4 N–H and O–H groups in total. The van der Waals surface area contributed by atoms with Crippen molar-refractivity contribution >= 4 is 17.3 Å². The summed E-state index contributed by atoms with van der Waals surface area (Å²) in [4.78, 5) is 13.4. The van der Waals surface area contributed by atoms with Gasteiger partial charge >= 0.3 is 0 Å². The largest absolute Gasteiger partial charge is 0.399 e. The van der Waals surface area contributed by atoms with Crippen LogP contribution in [0.3, 0.4) is 0 Å². The van der Waals surface area contributed by atoms with Crippen LogP contribution in [0, 0.1) is 0 Å². The fourth-order valence-electron chi connectivity index (χ4n) is 2.65. The van der Waals surface area contributed by atoms with Crippen molar-refractivity contribution in [3.05, 3.63) is 59.2 Å². The second kappa shape index (κ2) is 4.89. The van der Waals surface area contributed by atoms with Crippen LogP contribution in [0.5, 0.6) is 0 Å². The summed E-state index contributed by atoms with van der Waals surface area (Å²) in [5.41, 5.74) is 16.1. The third kappa shape index (κ3) is 2.32. The Morgan fingerprint density at radius 3 is 2.60 bits per heavy atom. The normalized spacial score (nSPS) is 13.3. The molecule has 0 unspecified atom stereocenters. The predicted molar refractivity (Wildman–Crippen MR) is 80.6 cm³/mol. The Balaban J connectivity index is 1.78. The van der Waals surface area contributed by atoms with E-state index in [0.717, 1.165) is 25.2 Å². The number of anilines is 2. The van der Waals surface area contributed by atoms with Crippen LogP contribution in [0.2, 0.25) is 0 Å². The van der Waals surface area contributed by atoms with E-state index in [1.807, 2.05) is 24.3 Å².